The van der Waals surface area contributed by atoms with Crippen molar-refractivity contribution in [3.05, 3.63) is 48.7 Å². The number of hydrogen-bond donors (Lipinski definition) is 5. The number of aromatic amines is 1. The zero-order valence-electron chi connectivity index (χ0n) is 16.2. The van der Waals surface area contributed by atoms with Crippen molar-refractivity contribution in [2.75, 3.05) is 12.3 Å². The van der Waals surface area contributed by atoms with E-state index in [0.29, 0.717) is 11.2 Å². The number of aliphatic hydroxyl groups is 3. The fourth-order valence-electron chi connectivity index (χ4n) is 4.52. The lowest BCUT2D eigenvalue weighted by Crippen LogP contribution is -2.49. The fraction of sp³-hybridized carbons (Fsp3) is 0.350. The van der Waals surface area contributed by atoms with E-state index in [1.54, 1.807) is 4.57 Å². The Labute approximate surface area is 171 Å². The molecule has 0 amide bonds. The SMILES string of the molecule is CC(c1c[nH]c2ccccc12)[C@@]1(n2cnc3c(N)ncnc32)O[C@H](CO)[C@@H](O)[C@H]1O. The zero-order chi connectivity index (χ0) is 21.0. The number of aliphatic hydroxyl groups excluding tert-OH is 3. The predicted molar refractivity (Wildman–Crippen MR) is 108 cm³/mol. The molecule has 30 heavy (non-hydrogen) atoms. The van der Waals surface area contributed by atoms with Gasteiger partial charge in [0.05, 0.1) is 12.9 Å². The van der Waals surface area contributed by atoms with Gasteiger partial charge in [-0.05, 0) is 11.6 Å². The van der Waals surface area contributed by atoms with E-state index < -0.39 is 36.6 Å². The summed E-state index contributed by atoms with van der Waals surface area (Å²) in [7, 11) is 0. The van der Waals surface area contributed by atoms with Crippen LogP contribution in [0.1, 0.15) is 18.4 Å². The predicted octanol–water partition coefficient (Wildman–Crippen LogP) is 0.459. The first-order valence-corrected chi connectivity index (χ1v) is 9.63. The lowest BCUT2D eigenvalue weighted by atomic mass is 9.84. The molecule has 1 fully saturated rings. The number of rotatable bonds is 4. The first kappa shape index (κ1) is 18.9. The van der Waals surface area contributed by atoms with E-state index in [2.05, 4.69) is 19.9 Å². The molecule has 0 aliphatic carbocycles. The van der Waals surface area contributed by atoms with Gasteiger partial charge in [-0.25, -0.2) is 15.0 Å². The first-order valence-electron chi connectivity index (χ1n) is 9.63. The number of aromatic nitrogens is 5. The summed E-state index contributed by atoms with van der Waals surface area (Å²) in [4.78, 5) is 15.8. The third kappa shape index (κ3) is 2.42. The number of hydrogen-bond acceptors (Lipinski definition) is 8. The lowest BCUT2D eigenvalue weighted by Gasteiger charge is -2.39. The Bertz CT molecular complexity index is 1220. The largest absolute Gasteiger partial charge is 0.394 e. The molecular formula is C20H22N6O4. The average molecular weight is 410 g/mol. The number of nitrogens with one attached hydrogen (secondary N) is 1. The maximum absolute atomic E-state index is 11.2. The summed E-state index contributed by atoms with van der Waals surface area (Å²) >= 11 is 0. The molecule has 4 aromatic rings. The minimum atomic E-state index is -1.49. The maximum Gasteiger partial charge on any atom is 0.183 e. The molecule has 5 rings (SSSR count). The van der Waals surface area contributed by atoms with Crippen LogP contribution < -0.4 is 5.73 Å². The van der Waals surface area contributed by atoms with Crippen molar-refractivity contribution >= 4 is 27.9 Å². The number of H-pyrrole nitrogens is 1. The van der Waals surface area contributed by atoms with Crippen molar-refractivity contribution in [2.45, 2.75) is 36.9 Å². The van der Waals surface area contributed by atoms with Crippen LogP contribution in [0.3, 0.4) is 0 Å². The van der Waals surface area contributed by atoms with Crippen molar-refractivity contribution in [1.82, 2.24) is 24.5 Å². The highest BCUT2D eigenvalue weighted by Gasteiger charge is 2.59. The van der Waals surface area contributed by atoms with Crippen molar-refractivity contribution < 1.29 is 20.1 Å². The Morgan fingerprint density at radius 2 is 2.07 bits per heavy atom. The highest BCUT2D eigenvalue weighted by Crippen LogP contribution is 2.48. The molecule has 3 aromatic heterocycles. The van der Waals surface area contributed by atoms with Gasteiger partial charge in [0.2, 0.25) is 0 Å². The van der Waals surface area contributed by atoms with Gasteiger partial charge >= 0.3 is 0 Å². The molecule has 1 aromatic carbocycles. The Balaban J connectivity index is 1.76. The average Bonchev–Trinajstić information content (AvgIpc) is 3.44. The van der Waals surface area contributed by atoms with Crippen LogP contribution in [0.2, 0.25) is 0 Å². The van der Waals surface area contributed by atoms with Crippen LogP contribution in [0.5, 0.6) is 0 Å². The van der Waals surface area contributed by atoms with Crippen LogP contribution in [0.25, 0.3) is 22.1 Å². The smallest absolute Gasteiger partial charge is 0.183 e. The summed E-state index contributed by atoms with van der Waals surface area (Å²) in [6.45, 7) is 1.44. The Hall–Kier alpha value is -3.05. The van der Waals surface area contributed by atoms with Gasteiger partial charge < -0.3 is 30.8 Å². The number of para-hydroxylation sites is 1. The summed E-state index contributed by atoms with van der Waals surface area (Å²) < 4.78 is 7.79. The molecule has 10 nitrogen and oxygen atoms in total. The number of ether oxygens (including phenoxy) is 1. The second-order valence-electron chi connectivity index (χ2n) is 7.58. The van der Waals surface area contributed by atoms with Crippen molar-refractivity contribution in [3.8, 4) is 0 Å². The molecule has 10 heteroatoms. The van der Waals surface area contributed by atoms with Crippen LogP contribution in [0.15, 0.2) is 43.1 Å². The molecule has 1 aliphatic heterocycles. The highest BCUT2D eigenvalue weighted by molar-refractivity contribution is 5.84. The Morgan fingerprint density at radius 1 is 1.27 bits per heavy atom. The number of fused-ring (bicyclic) bond motifs is 2. The normalized spacial score (nSPS) is 27.8. The lowest BCUT2D eigenvalue weighted by molar-refractivity contribution is -0.159. The van der Waals surface area contributed by atoms with Crippen LogP contribution >= 0.6 is 0 Å². The van der Waals surface area contributed by atoms with Gasteiger partial charge in [0.1, 0.15) is 30.2 Å². The van der Waals surface area contributed by atoms with Gasteiger partial charge in [-0.1, -0.05) is 25.1 Å². The van der Waals surface area contributed by atoms with Gasteiger partial charge in [0.25, 0.3) is 0 Å². The van der Waals surface area contributed by atoms with Crippen LogP contribution in [-0.4, -0.2) is 64.7 Å². The van der Waals surface area contributed by atoms with Crippen molar-refractivity contribution in [1.29, 1.82) is 0 Å². The number of benzene rings is 1. The van der Waals surface area contributed by atoms with E-state index in [1.807, 2.05) is 37.4 Å². The molecule has 1 saturated heterocycles. The van der Waals surface area contributed by atoms with Gasteiger partial charge in [-0.3, -0.25) is 4.57 Å². The maximum atomic E-state index is 11.2. The van der Waals surface area contributed by atoms with E-state index in [0.717, 1.165) is 16.5 Å². The topological polar surface area (TPSA) is 155 Å². The number of anilines is 1. The number of nitrogen functional groups attached to an aromatic ring is 1. The van der Waals surface area contributed by atoms with Crippen LogP contribution in [0.4, 0.5) is 5.82 Å². The van der Waals surface area contributed by atoms with E-state index in [4.69, 9.17) is 10.5 Å². The van der Waals surface area contributed by atoms with Gasteiger partial charge in [-0.15, -0.1) is 0 Å². The van der Waals surface area contributed by atoms with E-state index in [-0.39, 0.29) is 5.82 Å². The van der Waals surface area contributed by atoms with E-state index >= 15 is 0 Å². The molecule has 1 unspecified atom stereocenters. The van der Waals surface area contributed by atoms with Crippen LogP contribution in [-0.2, 0) is 10.5 Å². The second kappa shape index (κ2) is 6.74. The molecule has 6 N–H and O–H groups in total. The molecule has 0 spiro atoms. The summed E-state index contributed by atoms with van der Waals surface area (Å²) in [5.74, 6) is -0.274. The fourth-order valence-corrected chi connectivity index (χ4v) is 4.52. The van der Waals surface area contributed by atoms with Gasteiger partial charge in [-0.2, -0.15) is 0 Å². The molecule has 0 bridgehead atoms. The summed E-state index contributed by atoms with van der Waals surface area (Å²) in [6, 6.07) is 7.78. The van der Waals surface area contributed by atoms with Crippen molar-refractivity contribution in [2.24, 2.45) is 0 Å². The standard InChI is InChI=1S/C20H22N6O4/c1-10(12-6-22-13-5-3-2-4-11(12)13)20(17(29)16(28)14(7-27)30-20)26-9-25-15-18(21)23-8-24-19(15)26/h2-6,8-10,14,16-17,22,27-29H,7H2,1H3,(H2,21,23,24)/t10?,14-,16-,17-,20-/m1/s1. The summed E-state index contributed by atoms with van der Waals surface area (Å²) in [5.41, 5.74) is 6.98. The van der Waals surface area contributed by atoms with Gasteiger partial charge in [0.15, 0.2) is 17.2 Å². The van der Waals surface area contributed by atoms with Crippen LogP contribution in [0, 0.1) is 0 Å². The Kier molecular flexibility index (Phi) is 4.26. The van der Waals surface area contributed by atoms with Gasteiger partial charge in [0, 0.05) is 23.0 Å². The van der Waals surface area contributed by atoms with E-state index in [9.17, 15) is 15.3 Å². The van der Waals surface area contributed by atoms with Crippen molar-refractivity contribution in [3.63, 3.8) is 0 Å². The molecule has 0 radical (unpaired) electrons. The molecule has 5 atom stereocenters. The summed E-state index contributed by atoms with van der Waals surface area (Å²) in [5, 5.41) is 32.6. The molecule has 4 heterocycles. The molecule has 0 saturated carbocycles. The second-order valence-corrected chi connectivity index (χ2v) is 7.58. The number of imidazole rings is 1. The first-order chi connectivity index (χ1) is 14.5. The molecule has 1 aliphatic rings. The zero-order valence-corrected chi connectivity index (χ0v) is 16.2. The Morgan fingerprint density at radius 3 is 2.83 bits per heavy atom. The van der Waals surface area contributed by atoms with E-state index in [1.165, 1.54) is 12.7 Å². The number of nitrogens with two attached hydrogens (primary N) is 1. The quantitative estimate of drug-likeness (QED) is 0.325. The highest BCUT2D eigenvalue weighted by atomic mass is 16.6. The molecular weight excluding hydrogens is 388 g/mol. The number of nitrogens with zero attached hydrogens (tertiary/aromatic N) is 4. The third-order valence-corrected chi connectivity index (χ3v) is 6.09. The molecule has 156 valence electrons. The summed E-state index contributed by atoms with van der Waals surface area (Å²) in [6.07, 6.45) is 0.974. The third-order valence-electron chi connectivity index (χ3n) is 6.09. The monoisotopic (exact) mass is 410 g/mol. The minimum Gasteiger partial charge on any atom is -0.394 e. The minimum absolute atomic E-state index is 0.195.